The van der Waals surface area contributed by atoms with Gasteiger partial charge in [-0.2, -0.15) is 0 Å². The third-order valence-corrected chi connectivity index (χ3v) is 3.19. The van der Waals surface area contributed by atoms with Gasteiger partial charge in [0.2, 0.25) is 0 Å². The van der Waals surface area contributed by atoms with Crippen molar-refractivity contribution in [2.75, 3.05) is 26.7 Å². The highest BCUT2D eigenvalue weighted by atomic mass is 16.5. The largest absolute Gasteiger partial charge is 0.491 e. The lowest BCUT2D eigenvalue weighted by atomic mass is 10.1. The topological polar surface area (TPSA) is 32.7 Å². The molecule has 0 radical (unpaired) electrons. The fourth-order valence-corrected chi connectivity index (χ4v) is 1.98. The molecule has 0 aliphatic heterocycles. The number of aliphatic hydroxyl groups is 1. The van der Waals surface area contributed by atoms with Crippen molar-refractivity contribution in [3.8, 4) is 5.75 Å². The van der Waals surface area contributed by atoms with Crippen LogP contribution in [0.1, 0.15) is 30.9 Å². The van der Waals surface area contributed by atoms with Gasteiger partial charge in [-0.05, 0) is 51.1 Å². The monoisotopic (exact) mass is 265 g/mol. The van der Waals surface area contributed by atoms with Crippen LogP contribution >= 0.6 is 0 Å². The molecular weight excluding hydrogens is 238 g/mol. The molecule has 0 saturated heterocycles. The Morgan fingerprint density at radius 3 is 2.74 bits per heavy atom. The molecule has 0 aromatic heterocycles. The number of hydrogen-bond donors (Lipinski definition) is 1. The van der Waals surface area contributed by atoms with E-state index in [0.717, 1.165) is 17.9 Å². The van der Waals surface area contributed by atoms with Crippen LogP contribution in [0.15, 0.2) is 18.2 Å². The molecule has 3 heteroatoms. The Morgan fingerprint density at radius 2 is 2.05 bits per heavy atom. The summed E-state index contributed by atoms with van der Waals surface area (Å²) in [7, 11) is 2.04. The van der Waals surface area contributed by atoms with E-state index in [-0.39, 0.29) is 0 Å². The smallest absolute Gasteiger partial charge is 0.122 e. The molecule has 3 nitrogen and oxygen atoms in total. The minimum absolute atomic E-state index is 0.348. The molecule has 0 aliphatic carbocycles. The summed E-state index contributed by atoms with van der Waals surface area (Å²) in [6.07, 6.45) is 1.90. The number of hydrogen-bond acceptors (Lipinski definition) is 3. The molecule has 0 bridgehead atoms. The zero-order chi connectivity index (χ0) is 14.3. The van der Waals surface area contributed by atoms with Crippen LogP contribution in [0.5, 0.6) is 5.75 Å². The molecule has 0 fully saturated rings. The molecule has 1 aromatic rings. The van der Waals surface area contributed by atoms with Crippen molar-refractivity contribution in [3.63, 3.8) is 0 Å². The van der Waals surface area contributed by atoms with Crippen molar-refractivity contribution in [1.29, 1.82) is 0 Å². The van der Waals surface area contributed by atoms with Gasteiger partial charge < -0.3 is 14.7 Å². The van der Waals surface area contributed by atoms with Crippen LogP contribution in [0.3, 0.4) is 0 Å². The van der Waals surface area contributed by atoms with Gasteiger partial charge in [-0.25, -0.2) is 0 Å². The van der Waals surface area contributed by atoms with Crippen molar-refractivity contribution in [3.05, 3.63) is 29.3 Å². The zero-order valence-corrected chi connectivity index (χ0v) is 12.6. The van der Waals surface area contributed by atoms with Gasteiger partial charge in [0.05, 0.1) is 0 Å². The molecule has 1 unspecified atom stereocenters. The molecule has 0 aliphatic rings. The number of aliphatic hydroxyl groups excluding tert-OH is 1. The molecule has 0 amide bonds. The molecule has 1 atom stereocenters. The Balaban J connectivity index is 2.37. The van der Waals surface area contributed by atoms with E-state index in [1.165, 1.54) is 18.4 Å². The first-order valence-electron chi connectivity index (χ1n) is 7.09. The molecule has 0 saturated carbocycles. The van der Waals surface area contributed by atoms with Crippen molar-refractivity contribution in [2.45, 2.75) is 39.7 Å². The molecule has 0 spiro atoms. The van der Waals surface area contributed by atoms with Crippen LogP contribution in [-0.4, -0.2) is 42.9 Å². The summed E-state index contributed by atoms with van der Waals surface area (Å²) >= 11 is 0. The van der Waals surface area contributed by atoms with E-state index in [2.05, 4.69) is 17.9 Å². The summed E-state index contributed by atoms with van der Waals surface area (Å²) in [5.74, 6) is 0.871. The van der Waals surface area contributed by atoms with Crippen LogP contribution in [0.25, 0.3) is 0 Å². The Morgan fingerprint density at radius 1 is 1.32 bits per heavy atom. The third kappa shape index (κ3) is 6.08. The maximum absolute atomic E-state index is 9.97. The number of likely N-dealkylation sites (N-methyl/N-ethyl adjacent to an activating group) is 1. The summed E-state index contributed by atoms with van der Waals surface area (Å²) in [5, 5.41) is 9.97. The van der Waals surface area contributed by atoms with Gasteiger partial charge in [0.25, 0.3) is 0 Å². The Bertz CT molecular complexity index is 379. The summed E-state index contributed by atoms with van der Waals surface area (Å²) in [6.45, 7) is 8.27. The average molecular weight is 265 g/mol. The number of nitrogens with zero attached hydrogens (tertiary/aromatic N) is 1. The van der Waals surface area contributed by atoms with Crippen LogP contribution in [0.4, 0.5) is 0 Å². The van der Waals surface area contributed by atoms with Gasteiger partial charge in [-0.3, -0.25) is 0 Å². The van der Waals surface area contributed by atoms with E-state index in [1.807, 2.05) is 33.0 Å². The molecule has 1 N–H and O–H groups in total. The lowest BCUT2D eigenvalue weighted by molar-refractivity contribution is 0.0757. The van der Waals surface area contributed by atoms with Crippen molar-refractivity contribution < 1.29 is 9.84 Å². The van der Waals surface area contributed by atoms with Gasteiger partial charge >= 0.3 is 0 Å². The number of unbranched alkanes of at least 4 members (excludes halogenated alkanes) is 1. The minimum Gasteiger partial charge on any atom is -0.491 e. The first kappa shape index (κ1) is 16.0. The fourth-order valence-electron chi connectivity index (χ4n) is 1.98. The third-order valence-electron chi connectivity index (χ3n) is 3.19. The zero-order valence-electron chi connectivity index (χ0n) is 12.6. The van der Waals surface area contributed by atoms with E-state index < -0.39 is 6.10 Å². The molecular formula is C16H27NO2. The van der Waals surface area contributed by atoms with E-state index >= 15 is 0 Å². The Labute approximate surface area is 117 Å². The highest BCUT2D eigenvalue weighted by Crippen LogP contribution is 2.19. The first-order chi connectivity index (χ1) is 9.02. The summed E-state index contributed by atoms with van der Waals surface area (Å²) in [5.41, 5.74) is 2.28. The molecule has 0 heterocycles. The van der Waals surface area contributed by atoms with Crippen molar-refractivity contribution in [1.82, 2.24) is 4.90 Å². The highest BCUT2D eigenvalue weighted by molar-refractivity contribution is 5.35. The fraction of sp³-hybridized carbons (Fsp3) is 0.625. The van der Waals surface area contributed by atoms with E-state index in [0.29, 0.717) is 13.2 Å². The Hall–Kier alpha value is -1.06. The average Bonchev–Trinajstić information content (AvgIpc) is 2.37. The second kappa shape index (κ2) is 8.18. The lowest BCUT2D eigenvalue weighted by Crippen LogP contribution is -2.33. The van der Waals surface area contributed by atoms with E-state index in [1.54, 1.807) is 0 Å². The van der Waals surface area contributed by atoms with Gasteiger partial charge in [-0.1, -0.05) is 25.5 Å². The SMILES string of the molecule is CCCCN(C)CC(O)COc1cc(C)ccc1C. The van der Waals surface area contributed by atoms with Crippen LogP contribution in [0.2, 0.25) is 0 Å². The maximum atomic E-state index is 9.97. The van der Waals surface area contributed by atoms with Crippen LogP contribution < -0.4 is 4.74 Å². The van der Waals surface area contributed by atoms with Gasteiger partial charge in [0, 0.05) is 6.54 Å². The normalized spacial score (nSPS) is 12.7. The second-order valence-electron chi connectivity index (χ2n) is 5.35. The molecule has 19 heavy (non-hydrogen) atoms. The van der Waals surface area contributed by atoms with Crippen molar-refractivity contribution >= 4 is 0 Å². The number of benzene rings is 1. The van der Waals surface area contributed by atoms with Gasteiger partial charge in [0.1, 0.15) is 18.5 Å². The van der Waals surface area contributed by atoms with Crippen LogP contribution in [0, 0.1) is 13.8 Å². The summed E-state index contributed by atoms with van der Waals surface area (Å²) < 4.78 is 5.71. The summed E-state index contributed by atoms with van der Waals surface area (Å²) in [4.78, 5) is 2.15. The molecule has 1 rings (SSSR count). The number of ether oxygens (including phenoxy) is 1. The van der Waals surface area contributed by atoms with E-state index in [4.69, 9.17) is 4.74 Å². The predicted octanol–water partition coefficient (Wildman–Crippen LogP) is 2.78. The second-order valence-corrected chi connectivity index (χ2v) is 5.35. The van der Waals surface area contributed by atoms with Crippen LogP contribution in [-0.2, 0) is 0 Å². The van der Waals surface area contributed by atoms with Gasteiger partial charge in [0.15, 0.2) is 0 Å². The summed E-state index contributed by atoms with van der Waals surface area (Å²) in [6, 6.07) is 6.13. The minimum atomic E-state index is -0.443. The standard InChI is InChI=1S/C16H27NO2/c1-5-6-9-17(4)11-15(18)12-19-16-10-13(2)7-8-14(16)3/h7-8,10,15,18H,5-6,9,11-12H2,1-4H3. The molecule has 1 aromatic carbocycles. The number of aryl methyl sites for hydroxylation is 2. The lowest BCUT2D eigenvalue weighted by Gasteiger charge is -2.21. The van der Waals surface area contributed by atoms with Crippen molar-refractivity contribution in [2.24, 2.45) is 0 Å². The Kier molecular flexibility index (Phi) is 6.89. The van der Waals surface area contributed by atoms with Gasteiger partial charge in [-0.15, -0.1) is 0 Å². The predicted molar refractivity (Wildman–Crippen MR) is 79.8 cm³/mol. The molecule has 108 valence electrons. The van der Waals surface area contributed by atoms with E-state index in [9.17, 15) is 5.11 Å². The quantitative estimate of drug-likeness (QED) is 0.784. The first-order valence-corrected chi connectivity index (χ1v) is 7.09. The highest BCUT2D eigenvalue weighted by Gasteiger charge is 2.09. The number of rotatable bonds is 8. The maximum Gasteiger partial charge on any atom is 0.122 e.